The highest BCUT2D eigenvalue weighted by molar-refractivity contribution is 14.1. The minimum absolute atomic E-state index is 0.972. The van der Waals surface area contributed by atoms with Crippen molar-refractivity contribution in [2.45, 2.75) is 6.42 Å². The first kappa shape index (κ1) is 14.3. The fraction of sp³-hybridized carbons (Fsp3) is 0.118. The summed E-state index contributed by atoms with van der Waals surface area (Å²) in [5, 5.41) is 8.37. The molecule has 0 saturated heterocycles. The summed E-state index contributed by atoms with van der Waals surface area (Å²) in [6.07, 6.45) is 1.02. The van der Waals surface area contributed by atoms with Crippen LogP contribution in [0.25, 0.3) is 16.9 Å². The monoisotopic (exact) mass is 465 g/mol. The smallest absolute Gasteiger partial charge is 0.133 e. The number of hydrogen-bond donors (Lipinski definition) is 1. The molecule has 0 saturated carbocycles. The predicted molar refractivity (Wildman–Crippen MR) is 102 cm³/mol. The van der Waals surface area contributed by atoms with Crippen molar-refractivity contribution in [2.75, 3.05) is 11.9 Å². The molecule has 0 unspecified atom stereocenters. The zero-order valence-electron chi connectivity index (χ0n) is 11.7. The second-order valence-corrected chi connectivity index (χ2v) is 7.30. The lowest BCUT2D eigenvalue weighted by molar-refractivity contribution is 0.882. The Hall–Kier alpha value is -1.34. The zero-order valence-corrected chi connectivity index (χ0v) is 15.4. The summed E-state index contributed by atoms with van der Waals surface area (Å²) in [6.45, 7) is 0.972. The molecule has 1 aliphatic rings. The molecule has 2 aromatic carbocycles. The van der Waals surface area contributed by atoms with Gasteiger partial charge < -0.3 is 5.32 Å². The number of anilines is 1. The van der Waals surface area contributed by atoms with Gasteiger partial charge >= 0.3 is 0 Å². The molecule has 0 bridgehead atoms. The van der Waals surface area contributed by atoms with Crippen LogP contribution in [0.4, 0.5) is 5.82 Å². The number of halogens is 2. The molecule has 22 heavy (non-hydrogen) atoms. The maximum atomic E-state index is 4.90. The molecule has 0 atom stereocenters. The van der Waals surface area contributed by atoms with Crippen LogP contribution in [0, 0.1) is 3.57 Å². The molecule has 1 aliphatic heterocycles. The van der Waals surface area contributed by atoms with Crippen LogP contribution >= 0.6 is 38.5 Å². The third kappa shape index (κ3) is 2.36. The Kier molecular flexibility index (Phi) is 3.69. The highest BCUT2D eigenvalue weighted by Crippen LogP contribution is 2.36. The average Bonchev–Trinajstić information content (AvgIpc) is 3.11. The molecule has 1 N–H and O–H groups in total. The van der Waals surface area contributed by atoms with Gasteiger partial charge in [-0.1, -0.05) is 34.1 Å². The summed E-state index contributed by atoms with van der Waals surface area (Å²) < 4.78 is 4.33. The lowest BCUT2D eigenvalue weighted by Gasteiger charge is -2.06. The molecule has 4 rings (SSSR count). The van der Waals surface area contributed by atoms with Gasteiger partial charge in [-0.3, -0.25) is 0 Å². The molecule has 5 heteroatoms. The summed E-state index contributed by atoms with van der Waals surface area (Å²) in [4.78, 5) is 0. The SMILES string of the molecule is Brc1ccc(-n2nc(-c3ccccc3I)c3c2NCC3)cc1. The minimum Gasteiger partial charge on any atom is -0.369 e. The second-order valence-electron chi connectivity index (χ2n) is 5.22. The van der Waals surface area contributed by atoms with E-state index in [0.717, 1.165) is 34.6 Å². The number of nitrogens with one attached hydrogen (secondary N) is 1. The van der Waals surface area contributed by atoms with E-state index >= 15 is 0 Å². The van der Waals surface area contributed by atoms with Crippen LogP contribution in [0.15, 0.2) is 53.0 Å². The maximum Gasteiger partial charge on any atom is 0.133 e. The largest absolute Gasteiger partial charge is 0.369 e. The summed E-state index contributed by atoms with van der Waals surface area (Å²) >= 11 is 5.87. The Labute approximate surface area is 151 Å². The first-order chi connectivity index (χ1) is 10.7. The molecule has 0 aliphatic carbocycles. The van der Waals surface area contributed by atoms with Crippen molar-refractivity contribution in [1.82, 2.24) is 9.78 Å². The molecular formula is C17H13BrIN3. The molecule has 2 heterocycles. The molecule has 0 fully saturated rings. The van der Waals surface area contributed by atoms with Gasteiger partial charge in [-0.05, 0) is 59.3 Å². The van der Waals surface area contributed by atoms with E-state index in [2.05, 4.69) is 80.2 Å². The van der Waals surface area contributed by atoms with Gasteiger partial charge in [0.1, 0.15) is 5.82 Å². The summed E-state index contributed by atoms with van der Waals surface area (Å²) in [5.74, 6) is 1.12. The van der Waals surface area contributed by atoms with Gasteiger partial charge in [-0.25, -0.2) is 4.68 Å². The van der Waals surface area contributed by atoms with Gasteiger partial charge in [0.2, 0.25) is 0 Å². The maximum absolute atomic E-state index is 4.90. The van der Waals surface area contributed by atoms with E-state index in [-0.39, 0.29) is 0 Å². The molecule has 3 nitrogen and oxygen atoms in total. The van der Waals surface area contributed by atoms with Crippen LogP contribution in [0.5, 0.6) is 0 Å². The van der Waals surface area contributed by atoms with Crippen molar-refractivity contribution in [3.8, 4) is 16.9 Å². The Morgan fingerprint density at radius 2 is 1.86 bits per heavy atom. The molecule has 0 amide bonds. The highest BCUT2D eigenvalue weighted by Gasteiger charge is 2.24. The number of nitrogens with zero attached hydrogens (tertiary/aromatic N) is 2. The number of rotatable bonds is 2. The quantitative estimate of drug-likeness (QED) is 0.547. The van der Waals surface area contributed by atoms with Crippen molar-refractivity contribution in [2.24, 2.45) is 0 Å². The second kappa shape index (κ2) is 5.70. The van der Waals surface area contributed by atoms with E-state index in [1.165, 1.54) is 14.7 Å². The van der Waals surface area contributed by atoms with Crippen LogP contribution in [-0.2, 0) is 6.42 Å². The van der Waals surface area contributed by atoms with Crippen LogP contribution in [-0.4, -0.2) is 16.3 Å². The van der Waals surface area contributed by atoms with Crippen LogP contribution in [0.1, 0.15) is 5.56 Å². The fourth-order valence-electron chi connectivity index (χ4n) is 2.81. The van der Waals surface area contributed by atoms with Crippen LogP contribution in [0.3, 0.4) is 0 Å². The predicted octanol–water partition coefficient (Wildman–Crippen LogP) is 4.87. The lowest BCUT2D eigenvalue weighted by atomic mass is 10.1. The average molecular weight is 466 g/mol. The van der Waals surface area contributed by atoms with Gasteiger partial charge in [0.15, 0.2) is 0 Å². The molecule has 3 aromatic rings. The third-order valence-electron chi connectivity index (χ3n) is 3.85. The molecule has 0 radical (unpaired) electrons. The van der Waals surface area contributed by atoms with Crippen molar-refractivity contribution < 1.29 is 0 Å². The standard InChI is InChI=1S/C17H13BrIN3/c18-11-5-7-12(8-6-11)22-17-14(9-10-20-17)16(21-22)13-3-1-2-4-15(13)19/h1-8,20H,9-10H2. The third-order valence-corrected chi connectivity index (χ3v) is 5.32. The minimum atomic E-state index is 0.972. The first-order valence-corrected chi connectivity index (χ1v) is 8.98. The molecule has 1 aromatic heterocycles. The molecule has 0 spiro atoms. The van der Waals surface area contributed by atoms with E-state index < -0.39 is 0 Å². The fourth-order valence-corrected chi connectivity index (χ4v) is 3.72. The van der Waals surface area contributed by atoms with E-state index in [0.29, 0.717) is 0 Å². The van der Waals surface area contributed by atoms with Crippen molar-refractivity contribution in [3.63, 3.8) is 0 Å². The van der Waals surface area contributed by atoms with Crippen molar-refractivity contribution in [1.29, 1.82) is 0 Å². The van der Waals surface area contributed by atoms with E-state index in [1.807, 2.05) is 16.8 Å². The van der Waals surface area contributed by atoms with Gasteiger partial charge in [0, 0.05) is 25.7 Å². The molecule has 110 valence electrons. The Morgan fingerprint density at radius 1 is 1.09 bits per heavy atom. The van der Waals surface area contributed by atoms with Gasteiger partial charge in [0.05, 0.1) is 11.4 Å². The summed E-state index contributed by atoms with van der Waals surface area (Å²) in [7, 11) is 0. The lowest BCUT2D eigenvalue weighted by Crippen LogP contribution is -2.04. The molecular weight excluding hydrogens is 453 g/mol. The summed E-state index contributed by atoms with van der Waals surface area (Å²) in [5.41, 5.74) is 4.69. The number of aromatic nitrogens is 2. The van der Waals surface area contributed by atoms with Crippen molar-refractivity contribution >= 4 is 44.3 Å². The first-order valence-electron chi connectivity index (χ1n) is 7.10. The van der Waals surface area contributed by atoms with Gasteiger partial charge in [-0.15, -0.1) is 0 Å². The Balaban J connectivity index is 1.90. The topological polar surface area (TPSA) is 29.9 Å². The number of hydrogen-bond acceptors (Lipinski definition) is 2. The number of fused-ring (bicyclic) bond motifs is 1. The summed E-state index contributed by atoms with van der Waals surface area (Å²) in [6, 6.07) is 16.7. The van der Waals surface area contributed by atoms with Gasteiger partial charge in [0.25, 0.3) is 0 Å². The zero-order chi connectivity index (χ0) is 15.1. The van der Waals surface area contributed by atoms with E-state index in [9.17, 15) is 0 Å². The Morgan fingerprint density at radius 3 is 2.64 bits per heavy atom. The Bertz CT molecular complexity index is 840. The van der Waals surface area contributed by atoms with Gasteiger partial charge in [-0.2, -0.15) is 5.10 Å². The number of benzene rings is 2. The van der Waals surface area contributed by atoms with E-state index in [1.54, 1.807) is 0 Å². The van der Waals surface area contributed by atoms with E-state index in [4.69, 9.17) is 5.10 Å². The van der Waals surface area contributed by atoms with Crippen LogP contribution in [0.2, 0.25) is 0 Å². The normalized spacial score (nSPS) is 13.0. The highest BCUT2D eigenvalue weighted by atomic mass is 127. The van der Waals surface area contributed by atoms with Crippen LogP contribution < -0.4 is 5.32 Å². The van der Waals surface area contributed by atoms with Crippen molar-refractivity contribution in [3.05, 3.63) is 62.1 Å².